The van der Waals surface area contributed by atoms with E-state index in [0.717, 1.165) is 37.2 Å². The van der Waals surface area contributed by atoms with Crippen LogP contribution in [0.25, 0.3) is 0 Å². The molecule has 5 rings (SSSR count). The number of rotatable bonds is 5. The van der Waals surface area contributed by atoms with Crippen LogP contribution in [-0.4, -0.2) is 23.8 Å². The summed E-state index contributed by atoms with van der Waals surface area (Å²) in [5.74, 6) is 0.912. The van der Waals surface area contributed by atoms with Gasteiger partial charge in [0.25, 0.3) is 0 Å². The Hall–Kier alpha value is -1.87. The van der Waals surface area contributed by atoms with E-state index in [-0.39, 0.29) is 0 Å². The average molecular weight is 626 g/mol. The Morgan fingerprint density at radius 1 is 0.784 bits per heavy atom. The van der Waals surface area contributed by atoms with Crippen LogP contribution in [0.2, 0.25) is 0 Å². The fourth-order valence-corrected chi connectivity index (χ4v) is 7.02. The van der Waals surface area contributed by atoms with Gasteiger partial charge in [-0.05, 0) is 63.8 Å². The number of nitrogens with zero attached hydrogens (tertiary/aromatic N) is 2. The Morgan fingerprint density at radius 2 is 1.24 bits per heavy atom. The van der Waals surface area contributed by atoms with Crippen molar-refractivity contribution in [1.29, 1.82) is 0 Å². The summed E-state index contributed by atoms with van der Waals surface area (Å²) in [4.78, 5) is 4.81. The Bertz CT molecular complexity index is 1190. The number of benzene rings is 3. The van der Waals surface area contributed by atoms with Gasteiger partial charge in [-0.25, -0.2) is 0 Å². The first-order chi connectivity index (χ1) is 17.6. The van der Waals surface area contributed by atoms with Crippen LogP contribution in [0.3, 0.4) is 0 Å². The predicted octanol–water partition coefficient (Wildman–Crippen LogP) is 8.29. The molecule has 6 heteroatoms. The van der Waals surface area contributed by atoms with E-state index < -0.39 is 13.5 Å². The van der Waals surface area contributed by atoms with Gasteiger partial charge >= 0.3 is 96.8 Å². The molecule has 2 aliphatic rings. The summed E-state index contributed by atoms with van der Waals surface area (Å²) in [6.07, 6.45) is 2.74. The molecule has 37 heavy (non-hydrogen) atoms. The van der Waals surface area contributed by atoms with Gasteiger partial charge in [0.05, 0.1) is 0 Å². The molecule has 1 saturated heterocycles. The van der Waals surface area contributed by atoms with Crippen LogP contribution in [0, 0.1) is 48.2 Å². The quantitative estimate of drug-likeness (QED) is 0.210. The third kappa shape index (κ3) is 7.37. The molecule has 2 fully saturated rings. The van der Waals surface area contributed by atoms with Gasteiger partial charge in [0.1, 0.15) is 0 Å². The van der Waals surface area contributed by atoms with E-state index in [1.165, 1.54) is 44.8 Å². The fraction of sp³-hybridized carbons (Fsp3) is 0.355. The summed E-state index contributed by atoms with van der Waals surface area (Å²) in [7, 11) is 11.7. The Morgan fingerprint density at radius 3 is 1.68 bits per heavy atom. The van der Waals surface area contributed by atoms with Crippen LogP contribution in [-0.2, 0) is 13.5 Å². The van der Waals surface area contributed by atoms with Crippen molar-refractivity contribution in [2.45, 2.75) is 60.5 Å². The number of aryl methyl sites for hydroxylation is 6. The first-order valence-electron chi connectivity index (χ1n) is 12.7. The third-order valence-corrected chi connectivity index (χ3v) is 8.46. The van der Waals surface area contributed by atoms with Gasteiger partial charge in [-0.2, -0.15) is 6.67 Å². The maximum absolute atomic E-state index is 5.83. The van der Waals surface area contributed by atoms with Gasteiger partial charge in [0, 0.05) is 24.5 Å². The number of anilines is 2. The van der Waals surface area contributed by atoms with Gasteiger partial charge in [-0.1, -0.05) is 35.4 Å². The van der Waals surface area contributed by atoms with Crippen molar-refractivity contribution in [3.63, 3.8) is 0 Å². The van der Waals surface area contributed by atoms with E-state index in [9.17, 15) is 0 Å². The molecule has 1 aliphatic heterocycles. The van der Waals surface area contributed by atoms with E-state index in [0.29, 0.717) is 6.10 Å². The van der Waals surface area contributed by atoms with Gasteiger partial charge in [0.15, 0.2) is 0 Å². The van der Waals surface area contributed by atoms with Crippen molar-refractivity contribution in [2.24, 2.45) is 0 Å². The average Bonchev–Trinajstić information content (AvgIpc) is 3.49. The minimum atomic E-state index is -1.75. The van der Waals surface area contributed by atoms with Gasteiger partial charge in [0.2, 0.25) is 0 Å². The van der Waals surface area contributed by atoms with Gasteiger partial charge < -0.3 is 9.80 Å². The normalized spacial score (nSPS) is 15.3. The van der Waals surface area contributed by atoms with Crippen LogP contribution in [0.5, 0.6) is 5.75 Å². The summed E-state index contributed by atoms with van der Waals surface area (Å²) in [5.41, 5.74) is 11.9. The Balaban J connectivity index is 0.000000195. The zero-order valence-corrected chi connectivity index (χ0v) is 25.8. The molecular formula is C31H37Cl2N2ORu-. The summed E-state index contributed by atoms with van der Waals surface area (Å²) in [5, 5.41) is 0. The van der Waals surface area contributed by atoms with Crippen LogP contribution in [0.1, 0.15) is 51.8 Å². The van der Waals surface area contributed by atoms with Crippen molar-refractivity contribution < 1.29 is 18.3 Å². The van der Waals surface area contributed by atoms with E-state index in [1.807, 2.05) is 28.9 Å². The number of halogens is 2. The van der Waals surface area contributed by atoms with Crippen LogP contribution in [0.15, 0.2) is 48.5 Å². The van der Waals surface area contributed by atoms with Crippen molar-refractivity contribution in [1.82, 2.24) is 0 Å². The molecule has 3 aromatic carbocycles. The Kier molecular flexibility index (Phi) is 9.38. The zero-order chi connectivity index (χ0) is 26.7. The molecule has 3 aromatic rings. The number of hydrogen-bond acceptors (Lipinski definition) is 3. The molecule has 0 atom stereocenters. The molecule has 0 amide bonds. The maximum atomic E-state index is 5.83. The molecule has 0 radical (unpaired) electrons. The molecule has 0 bridgehead atoms. The van der Waals surface area contributed by atoms with E-state index in [1.54, 1.807) is 0 Å². The second-order valence-corrected chi connectivity index (χ2v) is 15.9. The first-order valence-corrected chi connectivity index (χ1v) is 18.2. The third-order valence-electron chi connectivity index (χ3n) is 6.63. The van der Waals surface area contributed by atoms with Gasteiger partial charge in [-0.3, -0.25) is 0 Å². The molecule has 1 heterocycles. The van der Waals surface area contributed by atoms with E-state index >= 15 is 0 Å². The van der Waals surface area contributed by atoms with E-state index in [4.69, 9.17) is 24.1 Å². The van der Waals surface area contributed by atoms with Gasteiger partial charge in [-0.15, -0.1) is 0 Å². The second kappa shape index (κ2) is 12.3. The van der Waals surface area contributed by atoms with E-state index in [2.05, 4.69) is 82.3 Å². The molecule has 3 nitrogen and oxygen atoms in total. The topological polar surface area (TPSA) is 15.7 Å². The molecule has 0 N–H and O–H groups in total. The predicted molar refractivity (Wildman–Crippen MR) is 157 cm³/mol. The van der Waals surface area contributed by atoms with Crippen molar-refractivity contribution in [2.75, 3.05) is 22.9 Å². The zero-order valence-electron chi connectivity index (χ0n) is 22.6. The van der Waals surface area contributed by atoms with Crippen molar-refractivity contribution in [3.05, 3.63) is 94.1 Å². The molecule has 1 aliphatic carbocycles. The summed E-state index contributed by atoms with van der Waals surface area (Å²) in [6.45, 7) is 17.6. The molecule has 200 valence electrons. The molecule has 0 aromatic heterocycles. The molecular weight excluding hydrogens is 588 g/mol. The van der Waals surface area contributed by atoms with Crippen LogP contribution >= 0.6 is 19.4 Å². The first kappa shape index (κ1) is 28.1. The summed E-state index contributed by atoms with van der Waals surface area (Å²) >= 11 is -1.75. The Labute approximate surface area is 235 Å². The summed E-state index contributed by atoms with van der Waals surface area (Å²) in [6, 6.07) is 17.0. The summed E-state index contributed by atoms with van der Waals surface area (Å²) < 4.78 is 7.65. The fourth-order valence-electron chi connectivity index (χ4n) is 5.21. The molecule has 0 unspecified atom stereocenters. The minimum absolute atomic E-state index is 0.413. The molecule has 1 saturated carbocycles. The standard InChI is InChI=1S/C21H27N2.C10H10O.2ClH.Ru/c1-14-9-16(3)20(17(4)10-14)22-7-8-23(13-22)21-18(5)11-15(2)12-19(21)6;1-8-4-2-3-5-10(8)11-9-6-7-9;;;/h9-13H,7-8H2,1-6H3;1-5,9H,6-7H2;2*1H;/q-1;;;;+2/p-2. The van der Waals surface area contributed by atoms with Crippen molar-refractivity contribution >= 4 is 35.4 Å². The number of hydrogen-bond donors (Lipinski definition) is 0. The molecule has 0 spiro atoms. The SMILES string of the molecule is Cc1cc(C)c(N2[CH-]N(c3c(C)cc(C)cc3C)CC2)c(C)c1.[Cl][Ru]([Cl])=[CH]c1ccccc1OC1CC1. The van der Waals surface area contributed by atoms with Crippen LogP contribution < -0.4 is 14.5 Å². The monoisotopic (exact) mass is 625 g/mol. The second-order valence-electron chi connectivity index (χ2n) is 10.2. The van der Waals surface area contributed by atoms with Crippen molar-refractivity contribution in [3.8, 4) is 5.75 Å². The van der Waals surface area contributed by atoms with Crippen LogP contribution in [0.4, 0.5) is 11.4 Å². The number of para-hydroxylation sites is 1. The number of ether oxygens (including phenoxy) is 1.